The number of carbonyl (C=O) groups is 1. The molecular formula is C20H21N3O3. The lowest BCUT2D eigenvalue weighted by atomic mass is 9.91. The van der Waals surface area contributed by atoms with Crippen molar-refractivity contribution in [2.75, 3.05) is 11.9 Å². The van der Waals surface area contributed by atoms with Crippen LogP contribution in [0.15, 0.2) is 53.5 Å². The number of H-pyrrole nitrogens is 1. The Morgan fingerprint density at radius 2 is 1.85 bits per heavy atom. The molecular weight excluding hydrogens is 330 g/mol. The SMILES string of the molecule is CC(C)C(O)c1c(C(=O)N(C)c2ccccn2)c(=O)[nH]c2ccccc12. The number of aromatic nitrogens is 2. The first-order valence-corrected chi connectivity index (χ1v) is 8.44. The average molecular weight is 351 g/mol. The highest BCUT2D eigenvalue weighted by Crippen LogP contribution is 2.30. The zero-order valence-corrected chi connectivity index (χ0v) is 14.9. The van der Waals surface area contributed by atoms with E-state index in [0.29, 0.717) is 22.3 Å². The third-order valence-corrected chi connectivity index (χ3v) is 4.40. The van der Waals surface area contributed by atoms with E-state index in [1.54, 1.807) is 49.6 Å². The van der Waals surface area contributed by atoms with Crippen LogP contribution in [0.25, 0.3) is 10.9 Å². The van der Waals surface area contributed by atoms with Gasteiger partial charge in [0.05, 0.1) is 6.10 Å². The topological polar surface area (TPSA) is 86.3 Å². The summed E-state index contributed by atoms with van der Waals surface area (Å²) < 4.78 is 0. The molecule has 1 aromatic carbocycles. The lowest BCUT2D eigenvalue weighted by Gasteiger charge is -2.22. The molecule has 1 atom stereocenters. The Labute approximate surface area is 151 Å². The molecule has 1 amide bonds. The van der Waals surface area contributed by atoms with Gasteiger partial charge in [0, 0.05) is 29.7 Å². The standard InChI is InChI=1S/C20H21N3O3/c1-12(2)18(24)16-13-8-4-5-9-14(13)22-19(25)17(16)20(26)23(3)15-10-6-7-11-21-15/h4-12,18,24H,1-3H3,(H,22,25). The smallest absolute Gasteiger partial charge is 0.265 e. The minimum atomic E-state index is -0.946. The molecule has 134 valence electrons. The van der Waals surface area contributed by atoms with Crippen LogP contribution in [0.5, 0.6) is 0 Å². The summed E-state index contributed by atoms with van der Waals surface area (Å²) >= 11 is 0. The van der Waals surface area contributed by atoms with Gasteiger partial charge in [0.25, 0.3) is 11.5 Å². The van der Waals surface area contributed by atoms with Crippen LogP contribution in [-0.4, -0.2) is 28.0 Å². The quantitative estimate of drug-likeness (QED) is 0.757. The van der Waals surface area contributed by atoms with Crippen LogP contribution >= 0.6 is 0 Å². The normalized spacial score (nSPS) is 12.3. The number of rotatable bonds is 4. The van der Waals surface area contributed by atoms with Crippen molar-refractivity contribution in [3.05, 3.63) is 70.1 Å². The number of nitrogens with one attached hydrogen (secondary N) is 1. The van der Waals surface area contributed by atoms with Gasteiger partial charge in [-0.25, -0.2) is 4.98 Å². The minimum Gasteiger partial charge on any atom is -0.388 e. The zero-order valence-electron chi connectivity index (χ0n) is 14.9. The van der Waals surface area contributed by atoms with Gasteiger partial charge in [0.1, 0.15) is 11.4 Å². The molecule has 3 aromatic rings. The average Bonchev–Trinajstić information content (AvgIpc) is 2.65. The Morgan fingerprint density at radius 3 is 2.50 bits per heavy atom. The number of hydrogen-bond donors (Lipinski definition) is 2. The van der Waals surface area contributed by atoms with Gasteiger partial charge in [-0.3, -0.25) is 14.5 Å². The first-order chi connectivity index (χ1) is 12.4. The molecule has 6 heteroatoms. The summed E-state index contributed by atoms with van der Waals surface area (Å²) in [4.78, 5) is 34.1. The molecule has 0 saturated carbocycles. The Kier molecular flexibility index (Phi) is 4.86. The van der Waals surface area contributed by atoms with Crippen molar-refractivity contribution in [2.45, 2.75) is 20.0 Å². The summed E-state index contributed by atoms with van der Waals surface area (Å²) in [5, 5.41) is 11.4. The fourth-order valence-corrected chi connectivity index (χ4v) is 2.95. The van der Waals surface area contributed by atoms with Crippen molar-refractivity contribution >= 4 is 22.6 Å². The van der Waals surface area contributed by atoms with Crippen LogP contribution in [0.4, 0.5) is 5.82 Å². The lowest BCUT2D eigenvalue weighted by Crippen LogP contribution is -2.34. The van der Waals surface area contributed by atoms with Gasteiger partial charge in [-0.05, 0) is 24.1 Å². The van der Waals surface area contributed by atoms with Gasteiger partial charge in [0.2, 0.25) is 0 Å². The van der Waals surface area contributed by atoms with Gasteiger partial charge in [-0.2, -0.15) is 0 Å². The van der Waals surface area contributed by atoms with Crippen LogP contribution in [0.2, 0.25) is 0 Å². The van der Waals surface area contributed by atoms with Crippen LogP contribution in [-0.2, 0) is 0 Å². The first-order valence-electron chi connectivity index (χ1n) is 8.44. The fraction of sp³-hybridized carbons (Fsp3) is 0.250. The number of carbonyl (C=O) groups excluding carboxylic acids is 1. The second-order valence-corrected chi connectivity index (χ2v) is 6.53. The molecule has 0 aliphatic heterocycles. The predicted molar refractivity (Wildman–Crippen MR) is 101 cm³/mol. The molecule has 2 heterocycles. The van der Waals surface area contributed by atoms with Crippen LogP contribution < -0.4 is 10.5 Å². The number of benzene rings is 1. The second-order valence-electron chi connectivity index (χ2n) is 6.53. The van der Waals surface area contributed by atoms with Gasteiger partial charge < -0.3 is 10.1 Å². The summed E-state index contributed by atoms with van der Waals surface area (Å²) in [7, 11) is 1.56. The molecule has 3 rings (SSSR count). The molecule has 26 heavy (non-hydrogen) atoms. The van der Waals surface area contributed by atoms with E-state index in [2.05, 4.69) is 9.97 Å². The summed E-state index contributed by atoms with van der Waals surface area (Å²) in [6.07, 6.45) is 0.631. The summed E-state index contributed by atoms with van der Waals surface area (Å²) in [5.74, 6) is -0.243. The molecule has 0 fully saturated rings. The van der Waals surface area contributed by atoms with Crippen molar-refractivity contribution in [2.24, 2.45) is 5.92 Å². The number of anilines is 1. The number of nitrogens with zero attached hydrogens (tertiary/aromatic N) is 2. The Hall–Kier alpha value is -2.99. The monoisotopic (exact) mass is 351 g/mol. The van der Waals surface area contributed by atoms with E-state index in [0.717, 1.165) is 0 Å². The summed E-state index contributed by atoms with van der Waals surface area (Å²) in [6, 6.07) is 12.4. The number of aliphatic hydroxyl groups is 1. The van der Waals surface area contributed by atoms with Crippen LogP contribution in [0.3, 0.4) is 0 Å². The zero-order chi connectivity index (χ0) is 18.8. The van der Waals surface area contributed by atoms with Gasteiger partial charge in [-0.15, -0.1) is 0 Å². The third kappa shape index (κ3) is 3.11. The summed E-state index contributed by atoms with van der Waals surface area (Å²) in [6.45, 7) is 3.69. The van der Waals surface area contributed by atoms with Crippen molar-refractivity contribution in [3.8, 4) is 0 Å². The van der Waals surface area contributed by atoms with E-state index >= 15 is 0 Å². The molecule has 2 aromatic heterocycles. The minimum absolute atomic E-state index is 0.0574. The molecule has 1 unspecified atom stereocenters. The molecule has 0 bridgehead atoms. The van der Waals surface area contributed by atoms with Crippen LogP contribution in [0.1, 0.15) is 35.9 Å². The molecule has 0 radical (unpaired) electrons. The first kappa shape index (κ1) is 17.8. The predicted octanol–water partition coefficient (Wildman–Crippen LogP) is 2.89. The largest absolute Gasteiger partial charge is 0.388 e. The Bertz CT molecular complexity index is 996. The molecule has 0 aliphatic rings. The van der Waals surface area contributed by atoms with Gasteiger partial charge >= 0.3 is 0 Å². The lowest BCUT2D eigenvalue weighted by molar-refractivity contribution is 0.0971. The van der Waals surface area contributed by atoms with Gasteiger partial charge in [-0.1, -0.05) is 38.1 Å². The molecule has 6 nitrogen and oxygen atoms in total. The molecule has 0 aliphatic carbocycles. The number of aliphatic hydroxyl groups excluding tert-OH is 1. The maximum atomic E-state index is 13.1. The highest BCUT2D eigenvalue weighted by molar-refractivity contribution is 6.08. The van der Waals surface area contributed by atoms with E-state index in [9.17, 15) is 14.7 Å². The number of hydrogen-bond acceptors (Lipinski definition) is 4. The Morgan fingerprint density at radius 1 is 1.15 bits per heavy atom. The molecule has 2 N–H and O–H groups in total. The summed E-state index contributed by atoms with van der Waals surface area (Å²) in [5.41, 5.74) is 0.362. The second kappa shape index (κ2) is 7.09. The van der Waals surface area contributed by atoms with Crippen molar-refractivity contribution in [1.29, 1.82) is 0 Å². The number of para-hydroxylation sites is 1. The highest BCUT2D eigenvalue weighted by atomic mass is 16.3. The van der Waals surface area contributed by atoms with E-state index in [1.165, 1.54) is 4.90 Å². The number of fused-ring (bicyclic) bond motifs is 1. The van der Waals surface area contributed by atoms with Gasteiger partial charge in [0.15, 0.2) is 0 Å². The molecule has 0 spiro atoms. The fourth-order valence-electron chi connectivity index (χ4n) is 2.95. The van der Waals surface area contributed by atoms with E-state index in [1.807, 2.05) is 19.9 Å². The van der Waals surface area contributed by atoms with E-state index in [-0.39, 0.29) is 11.5 Å². The maximum Gasteiger partial charge on any atom is 0.265 e. The van der Waals surface area contributed by atoms with Crippen molar-refractivity contribution < 1.29 is 9.90 Å². The third-order valence-electron chi connectivity index (χ3n) is 4.40. The van der Waals surface area contributed by atoms with Crippen LogP contribution in [0, 0.1) is 5.92 Å². The molecule has 0 saturated heterocycles. The number of pyridine rings is 2. The van der Waals surface area contributed by atoms with E-state index < -0.39 is 17.6 Å². The van der Waals surface area contributed by atoms with E-state index in [4.69, 9.17) is 0 Å². The number of aromatic amines is 1. The van der Waals surface area contributed by atoms with Crippen molar-refractivity contribution in [3.63, 3.8) is 0 Å². The highest BCUT2D eigenvalue weighted by Gasteiger charge is 2.28. The maximum absolute atomic E-state index is 13.1. The number of amides is 1. The Balaban J connectivity index is 2.25. The van der Waals surface area contributed by atoms with Crippen molar-refractivity contribution in [1.82, 2.24) is 9.97 Å².